The molecule has 1 rings (SSSR count). The maximum Gasteiger partial charge on any atom is 0.137 e. The molecule has 1 atom stereocenters. The van der Waals surface area contributed by atoms with Crippen molar-refractivity contribution < 1.29 is 4.52 Å². The van der Waals surface area contributed by atoms with Gasteiger partial charge in [-0.2, -0.15) is 0 Å². The van der Waals surface area contributed by atoms with Gasteiger partial charge in [0.15, 0.2) is 0 Å². The van der Waals surface area contributed by atoms with E-state index in [-0.39, 0.29) is 0 Å². The van der Waals surface area contributed by atoms with Crippen LogP contribution in [0.2, 0.25) is 0 Å². The molecule has 68 valence electrons. The Labute approximate surface area is 73.1 Å². The van der Waals surface area contributed by atoms with E-state index in [1.54, 1.807) is 0 Å². The van der Waals surface area contributed by atoms with Gasteiger partial charge >= 0.3 is 0 Å². The van der Waals surface area contributed by atoms with Crippen LogP contribution in [-0.4, -0.2) is 18.2 Å². The summed E-state index contributed by atoms with van der Waals surface area (Å²) in [5.41, 5.74) is 2.24. The van der Waals surface area contributed by atoms with Gasteiger partial charge in [-0.05, 0) is 34.2 Å². The summed E-state index contributed by atoms with van der Waals surface area (Å²) in [6.07, 6.45) is 0.984. The lowest BCUT2D eigenvalue weighted by Crippen LogP contribution is -2.23. The van der Waals surface area contributed by atoms with Crippen molar-refractivity contribution in [2.45, 2.75) is 33.2 Å². The summed E-state index contributed by atoms with van der Waals surface area (Å²) in [5.74, 6) is 0.939. The average Bonchev–Trinajstić information content (AvgIpc) is 2.35. The van der Waals surface area contributed by atoms with E-state index in [0.717, 1.165) is 17.9 Å². The minimum absolute atomic E-state index is 0.474. The fraction of sp³-hybridized carbons (Fsp3) is 0.667. The van der Waals surface area contributed by atoms with Crippen molar-refractivity contribution in [3.05, 3.63) is 17.0 Å². The zero-order valence-corrected chi connectivity index (χ0v) is 8.14. The van der Waals surface area contributed by atoms with E-state index in [4.69, 9.17) is 4.52 Å². The van der Waals surface area contributed by atoms with Gasteiger partial charge < -0.3 is 9.84 Å². The normalized spacial score (nSPS) is 13.3. The highest BCUT2D eigenvalue weighted by molar-refractivity contribution is 5.21. The summed E-state index contributed by atoms with van der Waals surface area (Å²) in [7, 11) is 1.96. The van der Waals surface area contributed by atoms with Gasteiger partial charge in [-0.3, -0.25) is 0 Å². The molecule has 3 nitrogen and oxygen atoms in total. The van der Waals surface area contributed by atoms with Gasteiger partial charge in [0.05, 0.1) is 5.69 Å². The van der Waals surface area contributed by atoms with Crippen LogP contribution in [0.5, 0.6) is 0 Å². The molecule has 0 saturated carbocycles. The minimum Gasteiger partial charge on any atom is -0.361 e. The van der Waals surface area contributed by atoms with Gasteiger partial charge in [-0.25, -0.2) is 0 Å². The molecule has 1 unspecified atom stereocenters. The van der Waals surface area contributed by atoms with Crippen LogP contribution in [0.1, 0.15) is 23.9 Å². The smallest absolute Gasteiger partial charge is 0.137 e. The summed E-state index contributed by atoms with van der Waals surface area (Å²) in [4.78, 5) is 0. The lowest BCUT2D eigenvalue weighted by Gasteiger charge is -2.08. The molecule has 0 radical (unpaired) electrons. The third kappa shape index (κ3) is 1.85. The summed E-state index contributed by atoms with van der Waals surface area (Å²) in [6.45, 7) is 6.08. The molecule has 0 bridgehead atoms. The number of nitrogens with one attached hydrogen (secondary N) is 1. The molecule has 0 amide bonds. The van der Waals surface area contributed by atoms with Crippen molar-refractivity contribution in [2.24, 2.45) is 0 Å². The van der Waals surface area contributed by atoms with Crippen LogP contribution in [0.15, 0.2) is 4.52 Å². The molecule has 3 heteroatoms. The molecule has 1 aromatic heterocycles. The largest absolute Gasteiger partial charge is 0.361 e. The van der Waals surface area contributed by atoms with E-state index in [0.29, 0.717) is 6.04 Å². The highest BCUT2D eigenvalue weighted by Crippen LogP contribution is 2.13. The van der Waals surface area contributed by atoms with E-state index in [1.807, 2.05) is 20.9 Å². The molecule has 0 aliphatic rings. The zero-order chi connectivity index (χ0) is 9.14. The van der Waals surface area contributed by atoms with Crippen molar-refractivity contribution >= 4 is 0 Å². The van der Waals surface area contributed by atoms with Gasteiger partial charge in [0.2, 0.25) is 0 Å². The van der Waals surface area contributed by atoms with Crippen molar-refractivity contribution in [1.82, 2.24) is 10.5 Å². The first-order chi connectivity index (χ1) is 5.65. The van der Waals surface area contributed by atoms with E-state index in [1.165, 1.54) is 5.56 Å². The second kappa shape index (κ2) is 3.72. The molecule has 12 heavy (non-hydrogen) atoms. The number of rotatable bonds is 3. The fourth-order valence-corrected chi connectivity index (χ4v) is 1.20. The molecular formula is C9H16N2O. The summed E-state index contributed by atoms with van der Waals surface area (Å²) < 4.78 is 5.06. The average molecular weight is 168 g/mol. The van der Waals surface area contributed by atoms with Gasteiger partial charge in [-0.1, -0.05) is 5.16 Å². The molecule has 0 aliphatic carbocycles. The van der Waals surface area contributed by atoms with E-state index in [2.05, 4.69) is 17.4 Å². The van der Waals surface area contributed by atoms with E-state index >= 15 is 0 Å². The van der Waals surface area contributed by atoms with E-state index in [9.17, 15) is 0 Å². The first-order valence-corrected chi connectivity index (χ1v) is 4.24. The number of hydrogen-bond acceptors (Lipinski definition) is 3. The fourth-order valence-electron chi connectivity index (χ4n) is 1.20. The first kappa shape index (κ1) is 9.26. The summed E-state index contributed by atoms with van der Waals surface area (Å²) in [6, 6.07) is 0.474. The van der Waals surface area contributed by atoms with Crippen LogP contribution in [-0.2, 0) is 6.42 Å². The second-order valence-electron chi connectivity index (χ2n) is 3.20. The van der Waals surface area contributed by atoms with Crippen LogP contribution in [0.4, 0.5) is 0 Å². The van der Waals surface area contributed by atoms with E-state index < -0.39 is 0 Å². The first-order valence-electron chi connectivity index (χ1n) is 4.24. The van der Waals surface area contributed by atoms with Gasteiger partial charge in [0, 0.05) is 11.6 Å². The summed E-state index contributed by atoms with van der Waals surface area (Å²) >= 11 is 0. The maximum atomic E-state index is 5.06. The Hall–Kier alpha value is -0.830. The quantitative estimate of drug-likeness (QED) is 0.742. The number of aromatic nitrogens is 1. The second-order valence-corrected chi connectivity index (χ2v) is 3.20. The predicted molar refractivity (Wildman–Crippen MR) is 48.2 cm³/mol. The number of aryl methyl sites for hydroxylation is 2. The number of likely N-dealkylation sites (N-methyl/N-ethyl adjacent to an activating group) is 1. The molecule has 1 heterocycles. The molecule has 0 saturated heterocycles. The van der Waals surface area contributed by atoms with Crippen LogP contribution < -0.4 is 5.32 Å². The van der Waals surface area contributed by atoms with Crippen LogP contribution in [0.3, 0.4) is 0 Å². The van der Waals surface area contributed by atoms with Crippen LogP contribution in [0, 0.1) is 13.8 Å². The Balaban J connectivity index is 2.73. The topological polar surface area (TPSA) is 38.1 Å². The third-order valence-electron chi connectivity index (χ3n) is 2.18. The summed E-state index contributed by atoms with van der Waals surface area (Å²) in [5, 5.41) is 7.09. The lowest BCUT2D eigenvalue weighted by atomic mass is 10.1. The highest BCUT2D eigenvalue weighted by Gasteiger charge is 2.10. The number of hydrogen-bond donors (Lipinski definition) is 1. The highest BCUT2D eigenvalue weighted by atomic mass is 16.5. The Morgan fingerprint density at radius 1 is 1.50 bits per heavy atom. The van der Waals surface area contributed by atoms with Gasteiger partial charge in [-0.15, -0.1) is 0 Å². The molecule has 0 aromatic carbocycles. The Morgan fingerprint density at radius 3 is 2.58 bits per heavy atom. The minimum atomic E-state index is 0.474. The molecule has 0 spiro atoms. The molecular weight excluding hydrogens is 152 g/mol. The Morgan fingerprint density at radius 2 is 2.17 bits per heavy atom. The van der Waals surface area contributed by atoms with Gasteiger partial charge in [0.1, 0.15) is 5.76 Å². The van der Waals surface area contributed by atoms with Crippen molar-refractivity contribution in [2.75, 3.05) is 7.05 Å². The monoisotopic (exact) mass is 168 g/mol. The molecule has 0 aliphatic heterocycles. The maximum absolute atomic E-state index is 5.06. The molecule has 0 fully saturated rings. The SMILES string of the molecule is CNC(C)Cc1c(C)noc1C. The van der Waals surface area contributed by atoms with Crippen molar-refractivity contribution in [3.63, 3.8) is 0 Å². The lowest BCUT2D eigenvalue weighted by molar-refractivity contribution is 0.391. The molecule has 1 N–H and O–H groups in total. The standard InChI is InChI=1S/C9H16N2O/c1-6(10-4)5-9-7(2)11-12-8(9)3/h6,10H,5H2,1-4H3. The van der Waals surface area contributed by atoms with Crippen molar-refractivity contribution in [3.8, 4) is 0 Å². The van der Waals surface area contributed by atoms with Gasteiger partial charge in [0.25, 0.3) is 0 Å². The Bertz CT molecular complexity index is 236. The van der Waals surface area contributed by atoms with Crippen LogP contribution >= 0.6 is 0 Å². The molecule has 1 aromatic rings. The predicted octanol–water partition coefficient (Wildman–Crippen LogP) is 1.44. The van der Waals surface area contributed by atoms with Crippen LogP contribution in [0.25, 0.3) is 0 Å². The van der Waals surface area contributed by atoms with Crippen molar-refractivity contribution in [1.29, 1.82) is 0 Å². The third-order valence-corrected chi connectivity index (χ3v) is 2.18. The Kier molecular flexibility index (Phi) is 2.87. The zero-order valence-electron chi connectivity index (χ0n) is 8.14. The number of nitrogens with zero attached hydrogens (tertiary/aromatic N) is 1.